The Morgan fingerprint density at radius 1 is 1.55 bits per heavy atom. The van der Waals surface area contributed by atoms with Gasteiger partial charge in [0.05, 0.1) is 6.61 Å². The number of hydrogen-bond donors (Lipinski definition) is 0. The molecule has 0 N–H and O–H groups in total. The molecule has 0 aliphatic heterocycles. The molecule has 0 saturated heterocycles. The molecule has 0 aromatic heterocycles. The molecule has 0 aromatic rings. The van der Waals surface area contributed by atoms with Crippen LogP contribution in [0.4, 0.5) is 0 Å². The molecule has 0 aromatic carbocycles. The zero-order valence-electron chi connectivity index (χ0n) is 7.26. The van der Waals surface area contributed by atoms with E-state index in [0.717, 1.165) is 6.42 Å². The van der Waals surface area contributed by atoms with Crippen molar-refractivity contribution in [2.75, 3.05) is 6.61 Å². The minimum atomic E-state index is -0.467. The van der Waals surface area contributed by atoms with Crippen LogP contribution in [-0.2, 0) is 9.53 Å². The summed E-state index contributed by atoms with van der Waals surface area (Å²) in [5.41, 5.74) is 0. The lowest BCUT2D eigenvalue weighted by molar-refractivity contribution is -0.122. The van der Waals surface area contributed by atoms with Crippen LogP contribution in [0.15, 0.2) is 0 Å². The van der Waals surface area contributed by atoms with Crippen LogP contribution in [0, 0.1) is 5.92 Å². The van der Waals surface area contributed by atoms with Crippen LogP contribution < -0.4 is 0 Å². The van der Waals surface area contributed by atoms with Gasteiger partial charge in [0.25, 0.3) is 0 Å². The molecule has 1 unspecified atom stereocenters. The first-order valence-corrected chi connectivity index (χ1v) is 4.26. The van der Waals surface area contributed by atoms with E-state index in [-0.39, 0.29) is 0 Å². The fourth-order valence-corrected chi connectivity index (χ4v) is 0.555. The summed E-state index contributed by atoms with van der Waals surface area (Å²) in [4.78, 5) is 10.5. The molecule has 0 spiro atoms. The van der Waals surface area contributed by atoms with E-state index in [9.17, 15) is 4.79 Å². The number of halogens is 1. The summed E-state index contributed by atoms with van der Waals surface area (Å²) < 4.78 is 5.17. The van der Waals surface area contributed by atoms with Crippen molar-refractivity contribution in [1.29, 1.82) is 0 Å². The van der Waals surface area contributed by atoms with Crippen molar-refractivity contribution in [3.05, 3.63) is 0 Å². The van der Waals surface area contributed by atoms with Crippen LogP contribution in [0.2, 0.25) is 0 Å². The third-order valence-corrected chi connectivity index (χ3v) is 1.95. The summed E-state index contributed by atoms with van der Waals surface area (Å²) in [7, 11) is 0. The first-order valence-electron chi connectivity index (χ1n) is 3.88. The molecule has 0 radical (unpaired) electrons. The molecule has 0 rings (SSSR count). The van der Waals surface area contributed by atoms with E-state index < -0.39 is 11.3 Å². The largest absolute Gasteiger partial charge is 0.369 e. The second kappa shape index (κ2) is 5.56. The van der Waals surface area contributed by atoms with E-state index in [0.29, 0.717) is 12.5 Å². The number of carbonyl (C=O) groups excluding carboxylic acids is 1. The standard InChI is InChI=1S/C8H15ClO2/c1-4-6(2)5-11-7(3)8(9)10/h6-7H,4-5H2,1-3H3/t6?,7-/m0/s1. The zero-order chi connectivity index (χ0) is 8.85. The molecule has 0 bridgehead atoms. The molecule has 0 aliphatic carbocycles. The van der Waals surface area contributed by atoms with Gasteiger partial charge < -0.3 is 4.74 Å². The molecule has 0 aliphatic rings. The number of carbonyl (C=O) groups is 1. The Hall–Kier alpha value is -0.0800. The molecule has 11 heavy (non-hydrogen) atoms. The van der Waals surface area contributed by atoms with Gasteiger partial charge in [-0.25, -0.2) is 0 Å². The topological polar surface area (TPSA) is 26.3 Å². The normalized spacial score (nSPS) is 16.0. The lowest BCUT2D eigenvalue weighted by Gasteiger charge is -2.12. The van der Waals surface area contributed by atoms with E-state index in [1.54, 1.807) is 6.92 Å². The first kappa shape index (κ1) is 10.9. The smallest absolute Gasteiger partial charge is 0.250 e. The first-order chi connectivity index (χ1) is 5.07. The average Bonchev–Trinajstić information content (AvgIpc) is 1.99. The SMILES string of the molecule is CCC(C)CO[C@@H](C)C(=O)Cl. The van der Waals surface area contributed by atoms with Gasteiger partial charge in [-0.2, -0.15) is 0 Å². The maximum absolute atomic E-state index is 10.5. The molecule has 2 atom stereocenters. The van der Waals surface area contributed by atoms with Crippen molar-refractivity contribution >= 4 is 16.8 Å². The van der Waals surface area contributed by atoms with Crippen molar-refractivity contribution in [3.8, 4) is 0 Å². The monoisotopic (exact) mass is 178 g/mol. The highest BCUT2D eigenvalue weighted by Gasteiger charge is 2.10. The lowest BCUT2D eigenvalue weighted by atomic mass is 10.1. The van der Waals surface area contributed by atoms with E-state index in [1.165, 1.54) is 0 Å². The molecule has 0 amide bonds. The van der Waals surface area contributed by atoms with E-state index in [1.807, 2.05) is 0 Å². The number of hydrogen-bond acceptors (Lipinski definition) is 2. The maximum atomic E-state index is 10.5. The molecule has 0 heterocycles. The van der Waals surface area contributed by atoms with Gasteiger partial charge in [0.2, 0.25) is 5.24 Å². The fraction of sp³-hybridized carbons (Fsp3) is 0.875. The van der Waals surface area contributed by atoms with Crippen LogP contribution in [0.25, 0.3) is 0 Å². The highest BCUT2D eigenvalue weighted by atomic mass is 35.5. The Morgan fingerprint density at radius 3 is 2.45 bits per heavy atom. The maximum Gasteiger partial charge on any atom is 0.250 e. The van der Waals surface area contributed by atoms with Crippen molar-refractivity contribution in [2.45, 2.75) is 33.3 Å². The van der Waals surface area contributed by atoms with Crippen LogP contribution in [0.3, 0.4) is 0 Å². The Morgan fingerprint density at radius 2 is 2.09 bits per heavy atom. The highest BCUT2D eigenvalue weighted by Crippen LogP contribution is 2.04. The van der Waals surface area contributed by atoms with Crippen molar-refractivity contribution < 1.29 is 9.53 Å². The fourth-order valence-electron chi connectivity index (χ4n) is 0.492. The lowest BCUT2D eigenvalue weighted by Crippen LogP contribution is -2.19. The molecule has 0 saturated carbocycles. The second-order valence-corrected chi connectivity index (χ2v) is 3.17. The van der Waals surface area contributed by atoms with E-state index in [2.05, 4.69) is 13.8 Å². The summed E-state index contributed by atoms with van der Waals surface area (Å²) in [5, 5.41) is -0.423. The summed E-state index contributed by atoms with van der Waals surface area (Å²) in [6, 6.07) is 0. The average molecular weight is 179 g/mol. The summed E-state index contributed by atoms with van der Waals surface area (Å²) in [6.45, 7) is 6.43. The minimum absolute atomic E-state index is 0.423. The van der Waals surface area contributed by atoms with Gasteiger partial charge in [0.1, 0.15) is 6.10 Å². The van der Waals surface area contributed by atoms with Crippen LogP contribution in [0.1, 0.15) is 27.2 Å². The van der Waals surface area contributed by atoms with Gasteiger partial charge in [0, 0.05) is 0 Å². The van der Waals surface area contributed by atoms with Gasteiger partial charge in [-0.3, -0.25) is 4.79 Å². The molecule has 2 nitrogen and oxygen atoms in total. The van der Waals surface area contributed by atoms with Gasteiger partial charge in [-0.05, 0) is 24.4 Å². The predicted molar refractivity (Wildman–Crippen MR) is 45.7 cm³/mol. The van der Waals surface area contributed by atoms with Crippen LogP contribution in [-0.4, -0.2) is 18.0 Å². The molecule has 3 heteroatoms. The molecule has 0 fully saturated rings. The van der Waals surface area contributed by atoms with Gasteiger partial charge in [-0.15, -0.1) is 0 Å². The third-order valence-electron chi connectivity index (χ3n) is 1.65. The Labute approximate surface area is 72.9 Å². The Kier molecular flexibility index (Phi) is 5.51. The third kappa shape index (κ3) is 5.22. The predicted octanol–water partition coefficient (Wildman–Crippen LogP) is 2.20. The Balaban J connectivity index is 3.45. The van der Waals surface area contributed by atoms with E-state index in [4.69, 9.17) is 16.3 Å². The molecular weight excluding hydrogens is 164 g/mol. The quantitative estimate of drug-likeness (QED) is 0.604. The summed E-state index contributed by atoms with van der Waals surface area (Å²) in [5.74, 6) is 0.494. The molecule has 66 valence electrons. The summed E-state index contributed by atoms with van der Waals surface area (Å²) >= 11 is 5.19. The number of ether oxygens (including phenoxy) is 1. The zero-order valence-corrected chi connectivity index (χ0v) is 8.02. The second-order valence-electron chi connectivity index (χ2n) is 2.79. The van der Waals surface area contributed by atoms with Gasteiger partial charge >= 0.3 is 0 Å². The minimum Gasteiger partial charge on any atom is -0.369 e. The van der Waals surface area contributed by atoms with Gasteiger partial charge in [-0.1, -0.05) is 20.3 Å². The van der Waals surface area contributed by atoms with Crippen LogP contribution >= 0.6 is 11.6 Å². The van der Waals surface area contributed by atoms with Gasteiger partial charge in [0.15, 0.2) is 0 Å². The van der Waals surface area contributed by atoms with Crippen molar-refractivity contribution in [3.63, 3.8) is 0 Å². The van der Waals surface area contributed by atoms with E-state index >= 15 is 0 Å². The highest BCUT2D eigenvalue weighted by molar-refractivity contribution is 6.64. The molecular formula is C8H15ClO2. The number of rotatable bonds is 5. The van der Waals surface area contributed by atoms with Crippen molar-refractivity contribution in [2.24, 2.45) is 5.92 Å². The van der Waals surface area contributed by atoms with Crippen molar-refractivity contribution in [1.82, 2.24) is 0 Å². The van der Waals surface area contributed by atoms with Crippen LogP contribution in [0.5, 0.6) is 0 Å². The summed E-state index contributed by atoms with van der Waals surface area (Å²) in [6.07, 6.45) is 0.592. The Bertz CT molecular complexity index is 125.